The van der Waals surface area contributed by atoms with E-state index in [0.717, 1.165) is 16.7 Å². The van der Waals surface area contributed by atoms with E-state index in [1.54, 1.807) is 25.3 Å². The Morgan fingerprint density at radius 2 is 1.81 bits per heavy atom. The van der Waals surface area contributed by atoms with Crippen molar-refractivity contribution in [3.05, 3.63) is 102 Å². The van der Waals surface area contributed by atoms with Crippen LogP contribution in [-0.2, 0) is 16.1 Å². The van der Waals surface area contributed by atoms with Gasteiger partial charge in [-0.05, 0) is 49.6 Å². The van der Waals surface area contributed by atoms with E-state index in [1.165, 1.54) is 0 Å². The number of carbonyl (C=O) groups excluding carboxylic acids is 2. The third-order valence-corrected chi connectivity index (χ3v) is 5.08. The summed E-state index contributed by atoms with van der Waals surface area (Å²) >= 11 is 0. The van der Waals surface area contributed by atoms with Gasteiger partial charge in [0.25, 0.3) is 5.91 Å². The number of aryl methyl sites for hydroxylation is 1. The Morgan fingerprint density at radius 3 is 2.44 bits per heavy atom. The van der Waals surface area contributed by atoms with Gasteiger partial charge < -0.3 is 20.1 Å². The average Bonchev–Trinajstić information content (AvgIpc) is 2.89. The van der Waals surface area contributed by atoms with Gasteiger partial charge in [0, 0.05) is 12.1 Å². The Morgan fingerprint density at radius 1 is 1.08 bits per heavy atom. The molecule has 0 aromatic heterocycles. The first-order valence-electron chi connectivity index (χ1n) is 12.3. The zero-order chi connectivity index (χ0) is 26.8. The Bertz CT molecular complexity index is 1010. The van der Waals surface area contributed by atoms with Crippen LogP contribution in [0, 0.1) is 6.92 Å². The van der Waals surface area contributed by atoms with Crippen molar-refractivity contribution in [2.75, 3.05) is 20.3 Å². The molecule has 6 heteroatoms. The molecule has 0 bridgehead atoms. The number of allylic oxidation sites excluding steroid dienone is 4. The first-order valence-corrected chi connectivity index (χ1v) is 12.3. The van der Waals surface area contributed by atoms with Crippen LogP contribution in [0.3, 0.4) is 0 Å². The number of benzene rings is 2. The molecule has 194 valence electrons. The average molecular weight is 493 g/mol. The Kier molecular flexibility index (Phi) is 15.0. The molecule has 0 aliphatic rings. The van der Waals surface area contributed by atoms with Crippen molar-refractivity contribution in [1.29, 1.82) is 0 Å². The summed E-state index contributed by atoms with van der Waals surface area (Å²) in [6.45, 7) is 12.5. The summed E-state index contributed by atoms with van der Waals surface area (Å²) in [5.41, 5.74) is 3.12. The normalized spacial score (nSPS) is 11.5. The van der Waals surface area contributed by atoms with Crippen LogP contribution in [0.4, 0.5) is 0 Å². The lowest BCUT2D eigenvalue weighted by molar-refractivity contribution is -0.124. The Balaban J connectivity index is 0.00000316. The minimum absolute atomic E-state index is 0.0455. The molecule has 0 spiro atoms. The maximum absolute atomic E-state index is 12.9. The largest absolute Gasteiger partial charge is 0.497 e. The third-order valence-electron chi connectivity index (χ3n) is 5.08. The number of ether oxygens (including phenoxy) is 2. The molecule has 2 aromatic carbocycles. The van der Waals surface area contributed by atoms with Crippen LogP contribution in [-0.4, -0.2) is 38.1 Å². The molecule has 2 rings (SSSR count). The van der Waals surface area contributed by atoms with Crippen LogP contribution < -0.4 is 15.4 Å². The fraction of sp³-hybridized carbons (Fsp3) is 0.333. The molecule has 0 saturated carbocycles. The van der Waals surface area contributed by atoms with Crippen LogP contribution in [0.15, 0.2) is 85.0 Å². The fourth-order valence-electron chi connectivity index (χ4n) is 3.16. The molecule has 1 atom stereocenters. The van der Waals surface area contributed by atoms with E-state index >= 15 is 0 Å². The molecule has 36 heavy (non-hydrogen) atoms. The minimum Gasteiger partial charge on any atom is -0.497 e. The van der Waals surface area contributed by atoms with Gasteiger partial charge in [0.05, 0.1) is 20.3 Å². The molecule has 2 aromatic rings. The van der Waals surface area contributed by atoms with E-state index in [1.807, 2.05) is 82.3 Å². The van der Waals surface area contributed by atoms with Gasteiger partial charge in [0.15, 0.2) is 0 Å². The molecule has 0 heterocycles. The summed E-state index contributed by atoms with van der Waals surface area (Å²) in [5, 5.41) is 5.69. The quantitative estimate of drug-likeness (QED) is 0.360. The molecule has 0 saturated heterocycles. The van der Waals surface area contributed by atoms with Gasteiger partial charge in [-0.2, -0.15) is 0 Å². The lowest BCUT2D eigenvalue weighted by atomic mass is 10.1. The molecule has 6 nitrogen and oxygen atoms in total. The summed E-state index contributed by atoms with van der Waals surface area (Å²) in [6.07, 6.45) is 8.25. The van der Waals surface area contributed by atoms with E-state index in [-0.39, 0.29) is 18.4 Å². The van der Waals surface area contributed by atoms with Crippen molar-refractivity contribution in [2.24, 2.45) is 0 Å². The number of amides is 2. The Hall–Kier alpha value is -3.64. The van der Waals surface area contributed by atoms with Crippen molar-refractivity contribution in [1.82, 2.24) is 10.6 Å². The molecule has 1 unspecified atom stereocenters. The highest BCUT2D eigenvalue weighted by molar-refractivity contribution is 5.98. The summed E-state index contributed by atoms with van der Waals surface area (Å²) in [6, 6.07) is 14.0. The zero-order valence-electron chi connectivity index (χ0n) is 22.2. The van der Waals surface area contributed by atoms with Crippen molar-refractivity contribution in [3.63, 3.8) is 0 Å². The fourth-order valence-corrected chi connectivity index (χ4v) is 3.16. The SMILES string of the molecule is C=C(/C=C\C=C/C)CCNC(=O)C(COCc1ccccc1)NC(=O)c1ccc(OC)cc1C.CC. The van der Waals surface area contributed by atoms with Crippen LogP contribution in [0.25, 0.3) is 0 Å². The van der Waals surface area contributed by atoms with Crippen LogP contribution in [0.1, 0.15) is 48.7 Å². The maximum atomic E-state index is 12.9. The lowest BCUT2D eigenvalue weighted by Crippen LogP contribution is -2.49. The van der Waals surface area contributed by atoms with E-state index in [9.17, 15) is 9.59 Å². The number of carbonyl (C=O) groups is 2. The van der Waals surface area contributed by atoms with Gasteiger partial charge in [-0.3, -0.25) is 9.59 Å². The van der Waals surface area contributed by atoms with Gasteiger partial charge in [0.1, 0.15) is 11.8 Å². The van der Waals surface area contributed by atoms with Crippen LogP contribution >= 0.6 is 0 Å². The van der Waals surface area contributed by atoms with E-state index in [0.29, 0.717) is 30.9 Å². The molecule has 0 aliphatic carbocycles. The molecule has 2 amide bonds. The van der Waals surface area contributed by atoms with Gasteiger partial charge >= 0.3 is 0 Å². The van der Waals surface area contributed by atoms with Gasteiger partial charge in [-0.15, -0.1) is 0 Å². The lowest BCUT2D eigenvalue weighted by Gasteiger charge is -2.19. The number of hydrogen-bond donors (Lipinski definition) is 2. The molecule has 0 fully saturated rings. The first-order chi connectivity index (χ1) is 17.4. The zero-order valence-corrected chi connectivity index (χ0v) is 22.2. The minimum atomic E-state index is -0.843. The molecule has 0 aliphatic heterocycles. The van der Waals surface area contributed by atoms with Gasteiger partial charge in [-0.1, -0.05) is 80.6 Å². The number of methoxy groups -OCH3 is 1. The first kappa shape index (κ1) is 30.4. The van der Waals surface area contributed by atoms with Crippen molar-refractivity contribution in [3.8, 4) is 5.75 Å². The van der Waals surface area contributed by atoms with Crippen LogP contribution in [0.2, 0.25) is 0 Å². The van der Waals surface area contributed by atoms with Crippen LogP contribution in [0.5, 0.6) is 5.75 Å². The highest BCUT2D eigenvalue weighted by atomic mass is 16.5. The van der Waals surface area contributed by atoms with Crippen molar-refractivity contribution >= 4 is 11.8 Å². The summed E-state index contributed by atoms with van der Waals surface area (Å²) < 4.78 is 11.0. The monoisotopic (exact) mass is 492 g/mol. The summed E-state index contributed by atoms with van der Waals surface area (Å²) in [4.78, 5) is 25.8. The second-order valence-corrected chi connectivity index (χ2v) is 7.79. The molecular formula is C30H40N2O4. The third kappa shape index (κ3) is 11.2. The summed E-state index contributed by atoms with van der Waals surface area (Å²) in [7, 11) is 1.57. The second-order valence-electron chi connectivity index (χ2n) is 7.79. The molecular weight excluding hydrogens is 452 g/mol. The van der Waals surface area contributed by atoms with Crippen molar-refractivity contribution < 1.29 is 19.1 Å². The van der Waals surface area contributed by atoms with E-state index in [2.05, 4.69) is 17.2 Å². The predicted octanol–water partition coefficient (Wildman–Crippen LogP) is 5.54. The number of nitrogens with one attached hydrogen (secondary N) is 2. The topological polar surface area (TPSA) is 76.7 Å². The highest BCUT2D eigenvalue weighted by Crippen LogP contribution is 2.17. The molecule has 2 N–H and O–H groups in total. The van der Waals surface area contributed by atoms with E-state index < -0.39 is 6.04 Å². The standard InChI is InChI=1S/C28H34N2O4.C2H6/c1-5-6-8-11-21(2)16-17-29-28(32)26(20-34-19-23-12-9-7-10-13-23)30-27(31)25-15-14-24(33-4)18-22(25)3;1-2/h5-15,18,26H,2,16-17,19-20H2,1,3-4H3,(H,29,32)(H,30,31);1-2H3/b6-5-,11-8-;. The number of hydrogen-bond acceptors (Lipinski definition) is 4. The van der Waals surface area contributed by atoms with E-state index in [4.69, 9.17) is 9.47 Å². The van der Waals surface area contributed by atoms with Gasteiger partial charge in [-0.25, -0.2) is 0 Å². The van der Waals surface area contributed by atoms with Crippen molar-refractivity contribution in [2.45, 2.75) is 46.8 Å². The number of rotatable bonds is 13. The molecule has 0 radical (unpaired) electrons. The van der Waals surface area contributed by atoms with Gasteiger partial charge in [0.2, 0.25) is 5.91 Å². The Labute approximate surface area is 216 Å². The highest BCUT2D eigenvalue weighted by Gasteiger charge is 2.22. The smallest absolute Gasteiger partial charge is 0.252 e. The summed E-state index contributed by atoms with van der Waals surface area (Å²) in [5.74, 6) is 0.0124. The predicted molar refractivity (Wildman–Crippen MR) is 147 cm³/mol. The second kappa shape index (κ2) is 17.7. The maximum Gasteiger partial charge on any atom is 0.252 e.